The van der Waals surface area contributed by atoms with Crippen molar-refractivity contribution in [2.75, 3.05) is 33.7 Å². The first kappa shape index (κ1) is 24.6. The lowest BCUT2D eigenvalue weighted by molar-refractivity contribution is -0.133. The fourth-order valence-electron chi connectivity index (χ4n) is 5.17. The lowest BCUT2D eigenvalue weighted by atomic mass is 9.79. The maximum absolute atomic E-state index is 13.6. The number of carbonyl (C=O) groups is 3. The van der Waals surface area contributed by atoms with E-state index in [0.29, 0.717) is 43.4 Å². The predicted octanol–water partition coefficient (Wildman–Crippen LogP) is 3.78. The third-order valence-corrected chi connectivity index (χ3v) is 7.41. The Bertz CT molecular complexity index is 1170. The lowest BCUT2D eigenvalue weighted by Crippen LogP contribution is -2.43. The number of nitrogens with one attached hydrogen (secondary N) is 1. The number of piperidine rings is 1. The highest BCUT2D eigenvalue weighted by Crippen LogP contribution is 2.39. The second kappa shape index (κ2) is 9.64. The number of rotatable bonds is 5. The van der Waals surface area contributed by atoms with Crippen LogP contribution in [0.5, 0.6) is 0 Å². The molecule has 2 aromatic carbocycles. The molecule has 2 aliphatic rings. The van der Waals surface area contributed by atoms with Gasteiger partial charge >= 0.3 is 0 Å². The first-order chi connectivity index (χ1) is 16.6. The Morgan fingerprint density at radius 1 is 1.06 bits per heavy atom. The van der Waals surface area contributed by atoms with E-state index in [1.54, 1.807) is 36.9 Å². The van der Waals surface area contributed by atoms with E-state index in [1.807, 2.05) is 54.3 Å². The normalized spacial score (nSPS) is 20.9. The van der Waals surface area contributed by atoms with Gasteiger partial charge in [0, 0.05) is 52.6 Å². The van der Waals surface area contributed by atoms with Crippen LogP contribution in [0.1, 0.15) is 49.0 Å². The van der Waals surface area contributed by atoms with Crippen molar-refractivity contribution in [2.45, 2.75) is 38.5 Å². The van der Waals surface area contributed by atoms with E-state index in [1.165, 1.54) is 0 Å². The van der Waals surface area contributed by atoms with Crippen LogP contribution < -0.4 is 0 Å². The van der Waals surface area contributed by atoms with Crippen molar-refractivity contribution in [1.29, 1.82) is 5.41 Å². The SMILES string of the molecule is CC(=O)N1CCC(CN2C(=N)CC(C)(c3cccc(-c4cccc(C(=O)N(C)C)c4)c3)C2=O)CC1. The van der Waals surface area contributed by atoms with Crippen LogP contribution in [-0.4, -0.2) is 72.0 Å². The zero-order chi connectivity index (χ0) is 25.3. The highest BCUT2D eigenvalue weighted by atomic mass is 16.2. The summed E-state index contributed by atoms with van der Waals surface area (Å²) in [5.74, 6) is 0.651. The molecule has 0 aliphatic carbocycles. The van der Waals surface area contributed by atoms with Gasteiger partial charge in [0.15, 0.2) is 0 Å². The van der Waals surface area contributed by atoms with Crippen molar-refractivity contribution in [3.63, 3.8) is 0 Å². The van der Waals surface area contributed by atoms with Gasteiger partial charge in [-0.1, -0.05) is 36.4 Å². The van der Waals surface area contributed by atoms with Crippen LogP contribution in [0.25, 0.3) is 11.1 Å². The van der Waals surface area contributed by atoms with Crippen LogP contribution in [0.3, 0.4) is 0 Å². The van der Waals surface area contributed by atoms with Gasteiger partial charge in [0.05, 0.1) is 5.41 Å². The highest BCUT2D eigenvalue weighted by Gasteiger charge is 2.48. The summed E-state index contributed by atoms with van der Waals surface area (Å²) in [6.07, 6.45) is 2.07. The summed E-state index contributed by atoms with van der Waals surface area (Å²) in [5.41, 5.74) is 2.54. The minimum absolute atomic E-state index is 0.0369. The summed E-state index contributed by atoms with van der Waals surface area (Å²) in [4.78, 5) is 42.7. The molecule has 1 N–H and O–H groups in total. The molecule has 2 aromatic rings. The Morgan fingerprint density at radius 2 is 1.69 bits per heavy atom. The molecule has 7 nitrogen and oxygen atoms in total. The standard InChI is InChI=1S/C28H34N4O3/c1-19(33)31-13-11-20(12-14-31)18-32-25(29)17-28(2,27(32)35)24-10-6-8-22(16-24)21-7-5-9-23(15-21)26(34)30(3)4/h5-10,15-16,20,29H,11-14,17-18H2,1-4H3. The van der Waals surface area contributed by atoms with E-state index in [0.717, 1.165) is 29.5 Å². The molecule has 1 atom stereocenters. The predicted molar refractivity (Wildman–Crippen MR) is 136 cm³/mol. The van der Waals surface area contributed by atoms with Gasteiger partial charge in [0.25, 0.3) is 5.91 Å². The summed E-state index contributed by atoms with van der Waals surface area (Å²) >= 11 is 0. The van der Waals surface area contributed by atoms with Crippen molar-refractivity contribution in [3.05, 3.63) is 59.7 Å². The number of hydrogen-bond acceptors (Lipinski definition) is 4. The Morgan fingerprint density at radius 3 is 2.31 bits per heavy atom. The molecule has 0 radical (unpaired) electrons. The average molecular weight is 475 g/mol. The quantitative estimate of drug-likeness (QED) is 0.716. The van der Waals surface area contributed by atoms with Crippen molar-refractivity contribution < 1.29 is 14.4 Å². The number of hydrogen-bond donors (Lipinski definition) is 1. The monoisotopic (exact) mass is 474 g/mol. The van der Waals surface area contributed by atoms with E-state index in [9.17, 15) is 14.4 Å². The molecule has 2 fully saturated rings. The highest BCUT2D eigenvalue weighted by molar-refractivity contribution is 6.10. The number of carbonyl (C=O) groups excluding carboxylic acids is 3. The fraction of sp³-hybridized carbons (Fsp3) is 0.429. The first-order valence-electron chi connectivity index (χ1n) is 12.2. The Labute approximate surface area is 207 Å². The van der Waals surface area contributed by atoms with Crippen LogP contribution in [-0.2, 0) is 15.0 Å². The van der Waals surface area contributed by atoms with Crippen LogP contribution in [0.4, 0.5) is 0 Å². The molecule has 35 heavy (non-hydrogen) atoms. The van der Waals surface area contributed by atoms with Crippen molar-refractivity contribution >= 4 is 23.6 Å². The zero-order valence-corrected chi connectivity index (χ0v) is 21.0. The van der Waals surface area contributed by atoms with Crippen LogP contribution >= 0.6 is 0 Å². The third-order valence-electron chi connectivity index (χ3n) is 7.41. The van der Waals surface area contributed by atoms with Crippen LogP contribution in [0.15, 0.2) is 48.5 Å². The van der Waals surface area contributed by atoms with Crippen molar-refractivity contribution in [2.24, 2.45) is 5.92 Å². The number of benzene rings is 2. The average Bonchev–Trinajstić information content (AvgIpc) is 3.07. The van der Waals surface area contributed by atoms with E-state index in [-0.39, 0.29) is 17.7 Å². The molecular formula is C28H34N4O3. The molecule has 2 saturated heterocycles. The first-order valence-corrected chi connectivity index (χ1v) is 12.2. The van der Waals surface area contributed by atoms with Gasteiger partial charge in [0.2, 0.25) is 11.8 Å². The molecule has 0 spiro atoms. The second-order valence-electron chi connectivity index (χ2n) is 10.2. The van der Waals surface area contributed by atoms with Crippen molar-refractivity contribution in [1.82, 2.24) is 14.7 Å². The van der Waals surface area contributed by atoms with Gasteiger partial charge in [-0.2, -0.15) is 0 Å². The van der Waals surface area contributed by atoms with Gasteiger partial charge in [-0.3, -0.25) is 24.7 Å². The molecular weight excluding hydrogens is 440 g/mol. The summed E-state index contributed by atoms with van der Waals surface area (Å²) in [7, 11) is 3.46. The third kappa shape index (κ3) is 4.85. The largest absolute Gasteiger partial charge is 0.345 e. The topological polar surface area (TPSA) is 84.8 Å². The smallest absolute Gasteiger partial charge is 0.253 e. The summed E-state index contributed by atoms with van der Waals surface area (Å²) in [6, 6.07) is 15.4. The second-order valence-corrected chi connectivity index (χ2v) is 10.2. The van der Waals surface area contributed by atoms with E-state index in [2.05, 4.69) is 0 Å². The van der Waals surface area contributed by atoms with Crippen molar-refractivity contribution in [3.8, 4) is 11.1 Å². The van der Waals surface area contributed by atoms with Gasteiger partial charge < -0.3 is 9.80 Å². The lowest BCUT2D eigenvalue weighted by Gasteiger charge is -2.33. The number of likely N-dealkylation sites (tertiary alicyclic amines) is 2. The maximum atomic E-state index is 13.6. The van der Waals surface area contributed by atoms with Gasteiger partial charge in [-0.05, 0) is 54.5 Å². The zero-order valence-electron chi connectivity index (χ0n) is 21.0. The Hall–Kier alpha value is -3.48. The molecule has 184 valence electrons. The molecule has 2 aliphatic heterocycles. The van der Waals surface area contributed by atoms with E-state index < -0.39 is 5.41 Å². The Kier molecular flexibility index (Phi) is 6.79. The number of nitrogens with zero attached hydrogens (tertiary/aromatic N) is 3. The molecule has 2 heterocycles. The minimum Gasteiger partial charge on any atom is -0.345 e. The summed E-state index contributed by atoms with van der Waals surface area (Å²) < 4.78 is 0. The van der Waals surface area contributed by atoms with Gasteiger partial charge in [0.1, 0.15) is 5.84 Å². The number of amidine groups is 1. The van der Waals surface area contributed by atoms with E-state index in [4.69, 9.17) is 5.41 Å². The maximum Gasteiger partial charge on any atom is 0.253 e. The fourth-order valence-corrected chi connectivity index (χ4v) is 5.17. The molecule has 4 rings (SSSR count). The molecule has 7 heteroatoms. The molecule has 3 amide bonds. The van der Waals surface area contributed by atoms with Gasteiger partial charge in [-0.15, -0.1) is 0 Å². The summed E-state index contributed by atoms with van der Waals surface area (Å²) in [5, 5.41) is 8.60. The molecule has 0 bridgehead atoms. The van der Waals surface area contributed by atoms with Crippen LogP contribution in [0.2, 0.25) is 0 Å². The summed E-state index contributed by atoms with van der Waals surface area (Å²) in [6.45, 7) is 5.48. The molecule has 0 aromatic heterocycles. The molecule has 0 saturated carbocycles. The van der Waals surface area contributed by atoms with E-state index >= 15 is 0 Å². The Balaban J connectivity index is 1.54. The van der Waals surface area contributed by atoms with Gasteiger partial charge in [-0.25, -0.2) is 0 Å². The molecule has 1 unspecified atom stereocenters. The van der Waals surface area contributed by atoms with Crippen LogP contribution in [0, 0.1) is 11.3 Å². The number of amides is 3. The minimum atomic E-state index is -0.801.